The van der Waals surface area contributed by atoms with Crippen LogP contribution in [0.15, 0.2) is 4.79 Å². The molecule has 0 saturated carbocycles. The van der Waals surface area contributed by atoms with Crippen LogP contribution in [0.2, 0.25) is 0 Å². The third kappa shape index (κ3) is 8.29. The standard InChI is InChI=1S/C21H32N6O6/c1-11(2)16(22)20(31)32-8-7-13(10-33-15(29)6-4-5-12(3)28)9-14-24-17-18(25-14)26-21(23)27-19(17)30/h11,13,16H,4-10,22H2,1-3H3,(H4,23,24,25,26,27,30)/t13?,16-/m0/s1. The summed E-state index contributed by atoms with van der Waals surface area (Å²) in [5, 5.41) is 0. The van der Waals surface area contributed by atoms with E-state index in [0.29, 0.717) is 31.5 Å². The highest BCUT2D eigenvalue weighted by atomic mass is 16.5. The van der Waals surface area contributed by atoms with Gasteiger partial charge in [-0.15, -0.1) is 0 Å². The number of fused-ring (bicyclic) bond motifs is 1. The first-order valence-electron chi connectivity index (χ1n) is 10.9. The number of nitrogen functional groups attached to an aromatic ring is 1. The molecular weight excluding hydrogens is 432 g/mol. The highest BCUT2D eigenvalue weighted by Gasteiger charge is 2.21. The number of ketones is 1. The van der Waals surface area contributed by atoms with Gasteiger partial charge in [0.2, 0.25) is 5.95 Å². The van der Waals surface area contributed by atoms with Crippen molar-refractivity contribution in [3.63, 3.8) is 0 Å². The number of hydrogen-bond acceptors (Lipinski definition) is 10. The van der Waals surface area contributed by atoms with Crippen molar-refractivity contribution >= 4 is 34.8 Å². The zero-order valence-electron chi connectivity index (χ0n) is 19.2. The maximum Gasteiger partial charge on any atom is 0.323 e. The van der Waals surface area contributed by atoms with Crippen LogP contribution in [0.25, 0.3) is 11.2 Å². The number of H-pyrrole nitrogens is 2. The SMILES string of the molecule is CC(=O)CCCC(=O)OCC(CCOC(=O)[C@@H](N)C(C)C)Cc1nc2nc(N)[nH]c(=O)c2[nH]1. The Hall–Kier alpha value is -3.28. The van der Waals surface area contributed by atoms with Crippen molar-refractivity contribution in [3.8, 4) is 0 Å². The largest absolute Gasteiger partial charge is 0.465 e. The molecule has 0 saturated heterocycles. The number of nitrogens with two attached hydrogens (primary N) is 2. The molecule has 0 aliphatic carbocycles. The van der Waals surface area contributed by atoms with E-state index in [1.54, 1.807) is 0 Å². The molecule has 0 amide bonds. The number of nitrogens with one attached hydrogen (secondary N) is 2. The number of ether oxygens (including phenoxy) is 2. The van der Waals surface area contributed by atoms with E-state index in [1.165, 1.54) is 6.92 Å². The van der Waals surface area contributed by atoms with Gasteiger partial charge >= 0.3 is 11.9 Å². The predicted molar refractivity (Wildman–Crippen MR) is 120 cm³/mol. The number of hydrogen-bond donors (Lipinski definition) is 4. The summed E-state index contributed by atoms with van der Waals surface area (Å²) < 4.78 is 10.6. The normalized spacial score (nSPS) is 13.1. The molecule has 0 fully saturated rings. The molecule has 2 atom stereocenters. The third-order valence-corrected chi connectivity index (χ3v) is 5.06. The Morgan fingerprint density at radius 1 is 1.09 bits per heavy atom. The Morgan fingerprint density at radius 3 is 2.48 bits per heavy atom. The van der Waals surface area contributed by atoms with Gasteiger partial charge in [-0.05, 0) is 25.7 Å². The number of carbonyl (C=O) groups is 3. The highest BCUT2D eigenvalue weighted by Crippen LogP contribution is 2.15. The first kappa shape index (κ1) is 26.0. The molecule has 0 bridgehead atoms. The number of imidazole rings is 1. The van der Waals surface area contributed by atoms with Gasteiger partial charge in [-0.3, -0.25) is 19.4 Å². The molecule has 0 spiro atoms. The summed E-state index contributed by atoms with van der Waals surface area (Å²) in [6.45, 7) is 5.25. The van der Waals surface area contributed by atoms with Gasteiger partial charge in [0, 0.05) is 25.2 Å². The van der Waals surface area contributed by atoms with E-state index in [1.807, 2.05) is 13.8 Å². The quantitative estimate of drug-likeness (QED) is 0.305. The average molecular weight is 465 g/mol. The summed E-state index contributed by atoms with van der Waals surface area (Å²) in [6, 6.07) is -0.721. The smallest absolute Gasteiger partial charge is 0.323 e. The van der Waals surface area contributed by atoms with Gasteiger partial charge in [0.1, 0.15) is 17.6 Å². The molecule has 12 heteroatoms. The molecule has 0 radical (unpaired) electrons. The summed E-state index contributed by atoms with van der Waals surface area (Å²) in [6.07, 6.45) is 1.55. The molecule has 0 aliphatic rings. The molecule has 0 aliphatic heterocycles. The average Bonchev–Trinajstić information content (AvgIpc) is 3.13. The van der Waals surface area contributed by atoms with Gasteiger partial charge in [0.15, 0.2) is 11.2 Å². The summed E-state index contributed by atoms with van der Waals surface area (Å²) in [5.41, 5.74) is 11.3. The maximum absolute atomic E-state index is 12.0. The number of Topliss-reactive ketones (excluding diaryl/α,β-unsaturated/α-hetero) is 1. The van der Waals surface area contributed by atoms with E-state index in [4.69, 9.17) is 20.9 Å². The molecule has 12 nitrogen and oxygen atoms in total. The van der Waals surface area contributed by atoms with Crippen molar-refractivity contribution in [1.29, 1.82) is 0 Å². The Balaban J connectivity index is 2.02. The van der Waals surface area contributed by atoms with Crippen LogP contribution in [0.1, 0.15) is 52.3 Å². The van der Waals surface area contributed by atoms with Crippen molar-refractivity contribution in [2.24, 2.45) is 17.6 Å². The second-order valence-electron chi connectivity index (χ2n) is 8.37. The molecule has 6 N–H and O–H groups in total. The fraction of sp³-hybridized carbons (Fsp3) is 0.619. The van der Waals surface area contributed by atoms with Crippen LogP contribution in [0.4, 0.5) is 5.95 Å². The number of aromatic amines is 2. The Morgan fingerprint density at radius 2 is 1.82 bits per heavy atom. The number of rotatable bonds is 13. The van der Waals surface area contributed by atoms with Gasteiger partial charge < -0.3 is 30.7 Å². The molecule has 33 heavy (non-hydrogen) atoms. The Kier molecular flexibility index (Phi) is 9.52. The van der Waals surface area contributed by atoms with Crippen molar-refractivity contribution < 1.29 is 23.9 Å². The maximum atomic E-state index is 12.0. The van der Waals surface area contributed by atoms with Gasteiger partial charge in [-0.1, -0.05) is 13.8 Å². The number of nitrogens with zero attached hydrogens (tertiary/aromatic N) is 2. The van der Waals surface area contributed by atoms with E-state index in [9.17, 15) is 19.2 Å². The predicted octanol–water partition coefficient (Wildman–Crippen LogP) is 0.606. The lowest BCUT2D eigenvalue weighted by molar-refractivity contribution is -0.149. The number of aromatic nitrogens is 4. The van der Waals surface area contributed by atoms with Gasteiger partial charge in [-0.25, -0.2) is 4.98 Å². The van der Waals surface area contributed by atoms with Crippen LogP contribution in [0.3, 0.4) is 0 Å². The number of esters is 2. The lowest BCUT2D eigenvalue weighted by Crippen LogP contribution is -2.37. The zero-order valence-corrected chi connectivity index (χ0v) is 19.2. The van der Waals surface area contributed by atoms with Crippen LogP contribution < -0.4 is 17.0 Å². The lowest BCUT2D eigenvalue weighted by atomic mass is 10.0. The zero-order chi connectivity index (χ0) is 24.5. The molecule has 0 aromatic carbocycles. The Labute approximate surface area is 190 Å². The molecule has 2 rings (SSSR count). The van der Waals surface area contributed by atoms with Crippen LogP contribution >= 0.6 is 0 Å². The number of carbonyl (C=O) groups excluding carboxylic acids is 3. The second kappa shape index (κ2) is 12.1. The summed E-state index contributed by atoms with van der Waals surface area (Å²) in [7, 11) is 0. The van der Waals surface area contributed by atoms with E-state index in [0.717, 1.165) is 0 Å². The van der Waals surface area contributed by atoms with E-state index >= 15 is 0 Å². The molecule has 2 heterocycles. The minimum atomic E-state index is -0.721. The first-order valence-corrected chi connectivity index (χ1v) is 10.9. The minimum absolute atomic E-state index is 0.0104. The molecule has 1 unspecified atom stereocenters. The summed E-state index contributed by atoms with van der Waals surface area (Å²) in [4.78, 5) is 60.7. The second-order valence-corrected chi connectivity index (χ2v) is 8.37. The topological polar surface area (TPSA) is 196 Å². The molecule has 2 aromatic heterocycles. The Bertz CT molecular complexity index is 1030. The van der Waals surface area contributed by atoms with E-state index in [2.05, 4.69) is 19.9 Å². The minimum Gasteiger partial charge on any atom is -0.465 e. The third-order valence-electron chi connectivity index (χ3n) is 5.06. The molecule has 182 valence electrons. The van der Waals surface area contributed by atoms with Crippen LogP contribution in [-0.4, -0.2) is 56.9 Å². The van der Waals surface area contributed by atoms with Crippen LogP contribution in [0, 0.1) is 11.8 Å². The van der Waals surface area contributed by atoms with Gasteiger partial charge in [-0.2, -0.15) is 4.98 Å². The molecule has 2 aromatic rings. The van der Waals surface area contributed by atoms with Crippen LogP contribution in [-0.2, 0) is 30.3 Å². The number of anilines is 1. The first-order chi connectivity index (χ1) is 15.6. The fourth-order valence-corrected chi connectivity index (χ4v) is 3.05. The van der Waals surface area contributed by atoms with E-state index in [-0.39, 0.29) is 54.4 Å². The lowest BCUT2D eigenvalue weighted by Gasteiger charge is -2.18. The monoisotopic (exact) mass is 464 g/mol. The van der Waals surface area contributed by atoms with E-state index < -0.39 is 23.5 Å². The van der Waals surface area contributed by atoms with Crippen molar-refractivity contribution in [2.75, 3.05) is 18.9 Å². The molecular formula is C21H32N6O6. The summed E-state index contributed by atoms with van der Waals surface area (Å²) >= 11 is 0. The van der Waals surface area contributed by atoms with Crippen molar-refractivity contribution in [2.45, 2.75) is 58.9 Å². The van der Waals surface area contributed by atoms with Crippen molar-refractivity contribution in [3.05, 3.63) is 16.2 Å². The van der Waals surface area contributed by atoms with Crippen LogP contribution in [0.5, 0.6) is 0 Å². The highest BCUT2D eigenvalue weighted by molar-refractivity contribution is 5.76. The fourth-order valence-electron chi connectivity index (χ4n) is 3.05. The van der Waals surface area contributed by atoms with Gasteiger partial charge in [0.05, 0.1) is 13.2 Å². The van der Waals surface area contributed by atoms with Gasteiger partial charge in [0.25, 0.3) is 5.56 Å². The van der Waals surface area contributed by atoms with Crippen molar-refractivity contribution in [1.82, 2.24) is 19.9 Å². The summed E-state index contributed by atoms with van der Waals surface area (Å²) in [5.74, 6) is -0.821.